The molecule has 1 fully saturated rings. The Bertz CT molecular complexity index is 454. The molecule has 20 heavy (non-hydrogen) atoms. The van der Waals surface area contributed by atoms with E-state index in [-0.39, 0.29) is 12.5 Å². The number of amides is 1. The Balaban J connectivity index is 2.20. The van der Waals surface area contributed by atoms with Gasteiger partial charge < -0.3 is 20.6 Å². The molecular formula is C14H20N2O4. The Kier molecular flexibility index (Phi) is 4.72. The number of rotatable bonds is 3. The molecule has 1 aliphatic rings. The third kappa shape index (κ3) is 2.99. The Morgan fingerprint density at radius 2 is 1.90 bits per heavy atom. The molecule has 4 atom stereocenters. The van der Waals surface area contributed by atoms with Crippen molar-refractivity contribution in [1.82, 2.24) is 10.2 Å². The van der Waals surface area contributed by atoms with Crippen molar-refractivity contribution in [2.45, 2.75) is 30.9 Å². The highest BCUT2D eigenvalue weighted by atomic mass is 16.4. The zero-order chi connectivity index (χ0) is 14.7. The van der Waals surface area contributed by atoms with Crippen LogP contribution in [0.4, 0.5) is 0 Å². The van der Waals surface area contributed by atoms with Crippen LogP contribution in [0.3, 0.4) is 0 Å². The minimum absolute atomic E-state index is 0.130. The number of β-amino-alcohol motifs (C(OH)–C–C–N with tert-alkyl or cyclic N) is 1. The molecule has 1 saturated heterocycles. The number of hydrogen-bond donors (Lipinski definition) is 4. The molecule has 1 heterocycles. The third-order valence-electron chi connectivity index (χ3n) is 3.63. The molecule has 0 aromatic heterocycles. The summed E-state index contributed by atoms with van der Waals surface area (Å²) in [5.74, 6) is -0.376. The maximum Gasteiger partial charge on any atom is 0.239 e. The standard InChI is InChI=1S/C14H20N2O4/c1-15-14(20)11-13(19)12(18)10(17)8-16(11)7-9-5-3-2-4-6-9/h2-6,10-13,17-19H,7-8H2,1H3,(H,15,20). The fourth-order valence-corrected chi connectivity index (χ4v) is 2.54. The molecule has 0 aliphatic carbocycles. The minimum Gasteiger partial charge on any atom is -0.389 e. The molecule has 0 radical (unpaired) electrons. The Labute approximate surface area is 117 Å². The number of carbonyl (C=O) groups is 1. The Hall–Kier alpha value is -1.47. The zero-order valence-electron chi connectivity index (χ0n) is 11.3. The molecule has 110 valence electrons. The summed E-state index contributed by atoms with van der Waals surface area (Å²) < 4.78 is 0. The van der Waals surface area contributed by atoms with Gasteiger partial charge in [0.05, 0.1) is 6.10 Å². The third-order valence-corrected chi connectivity index (χ3v) is 3.63. The molecular weight excluding hydrogens is 260 g/mol. The van der Waals surface area contributed by atoms with Crippen LogP contribution < -0.4 is 5.32 Å². The van der Waals surface area contributed by atoms with Gasteiger partial charge in [0.25, 0.3) is 0 Å². The van der Waals surface area contributed by atoms with Gasteiger partial charge in [-0.25, -0.2) is 0 Å². The van der Waals surface area contributed by atoms with Crippen molar-refractivity contribution in [2.75, 3.05) is 13.6 Å². The zero-order valence-corrected chi connectivity index (χ0v) is 11.3. The summed E-state index contributed by atoms with van der Waals surface area (Å²) in [6.45, 7) is 0.547. The van der Waals surface area contributed by atoms with Gasteiger partial charge in [-0.05, 0) is 5.56 Å². The second kappa shape index (κ2) is 6.32. The first kappa shape index (κ1) is 14.9. The van der Waals surface area contributed by atoms with E-state index < -0.39 is 24.4 Å². The number of likely N-dealkylation sites (N-methyl/N-ethyl adjacent to an activating group) is 1. The van der Waals surface area contributed by atoms with Crippen molar-refractivity contribution < 1.29 is 20.1 Å². The van der Waals surface area contributed by atoms with Crippen LogP contribution in [-0.4, -0.2) is 64.1 Å². The fourth-order valence-electron chi connectivity index (χ4n) is 2.54. The number of nitrogens with one attached hydrogen (secondary N) is 1. The van der Waals surface area contributed by atoms with Crippen LogP contribution in [0.15, 0.2) is 30.3 Å². The lowest BCUT2D eigenvalue weighted by Crippen LogP contribution is -2.65. The van der Waals surface area contributed by atoms with E-state index in [4.69, 9.17) is 0 Å². The Morgan fingerprint density at radius 3 is 2.50 bits per heavy atom. The maximum absolute atomic E-state index is 11.9. The molecule has 0 saturated carbocycles. The summed E-state index contributed by atoms with van der Waals surface area (Å²) in [6.07, 6.45) is -3.71. The number of aliphatic hydroxyl groups excluding tert-OH is 3. The quantitative estimate of drug-likeness (QED) is 0.552. The van der Waals surface area contributed by atoms with E-state index in [1.165, 1.54) is 7.05 Å². The highest BCUT2D eigenvalue weighted by Gasteiger charge is 2.44. The number of aliphatic hydroxyl groups is 3. The molecule has 0 spiro atoms. The lowest BCUT2D eigenvalue weighted by Gasteiger charge is -2.42. The summed E-state index contributed by atoms with van der Waals surface area (Å²) in [5, 5.41) is 32.1. The van der Waals surface area contributed by atoms with E-state index >= 15 is 0 Å². The number of carbonyl (C=O) groups excluding carboxylic acids is 1. The van der Waals surface area contributed by atoms with E-state index in [1.807, 2.05) is 30.3 Å². The van der Waals surface area contributed by atoms with Gasteiger partial charge in [0.2, 0.25) is 5.91 Å². The first-order chi connectivity index (χ1) is 9.54. The number of hydrogen-bond acceptors (Lipinski definition) is 5. The molecule has 6 nitrogen and oxygen atoms in total. The molecule has 1 aromatic carbocycles. The van der Waals surface area contributed by atoms with E-state index in [0.717, 1.165) is 5.56 Å². The topological polar surface area (TPSA) is 93.0 Å². The van der Waals surface area contributed by atoms with Crippen LogP contribution in [0.5, 0.6) is 0 Å². The molecule has 0 bridgehead atoms. The van der Waals surface area contributed by atoms with Gasteiger partial charge in [0.15, 0.2) is 0 Å². The van der Waals surface area contributed by atoms with Gasteiger partial charge in [0, 0.05) is 20.1 Å². The van der Waals surface area contributed by atoms with E-state index in [0.29, 0.717) is 6.54 Å². The minimum atomic E-state index is -1.32. The lowest BCUT2D eigenvalue weighted by molar-refractivity contribution is -0.158. The van der Waals surface area contributed by atoms with Crippen molar-refractivity contribution in [2.24, 2.45) is 0 Å². The normalized spacial score (nSPS) is 31.0. The van der Waals surface area contributed by atoms with Crippen LogP contribution in [0.25, 0.3) is 0 Å². The number of benzene rings is 1. The van der Waals surface area contributed by atoms with E-state index in [9.17, 15) is 20.1 Å². The van der Waals surface area contributed by atoms with E-state index in [1.54, 1.807) is 4.90 Å². The highest BCUT2D eigenvalue weighted by molar-refractivity contribution is 5.82. The van der Waals surface area contributed by atoms with Crippen LogP contribution in [0.2, 0.25) is 0 Å². The summed E-state index contributed by atoms with van der Waals surface area (Å²) in [4.78, 5) is 13.6. The van der Waals surface area contributed by atoms with Gasteiger partial charge in [-0.2, -0.15) is 0 Å². The van der Waals surface area contributed by atoms with Gasteiger partial charge in [-0.3, -0.25) is 9.69 Å². The van der Waals surface area contributed by atoms with Gasteiger partial charge in [-0.15, -0.1) is 0 Å². The van der Waals surface area contributed by atoms with E-state index in [2.05, 4.69) is 5.32 Å². The predicted octanol–water partition coefficient (Wildman–Crippen LogP) is -1.30. The number of piperidine rings is 1. The van der Waals surface area contributed by atoms with Crippen molar-refractivity contribution in [3.05, 3.63) is 35.9 Å². The SMILES string of the molecule is CNC(=O)C1C(O)C(O)C(O)CN1Cc1ccccc1. The summed E-state index contributed by atoms with van der Waals surface area (Å²) in [5.41, 5.74) is 0.970. The second-order valence-corrected chi connectivity index (χ2v) is 5.02. The summed E-state index contributed by atoms with van der Waals surface area (Å²) >= 11 is 0. The first-order valence-electron chi connectivity index (χ1n) is 6.58. The monoisotopic (exact) mass is 280 g/mol. The lowest BCUT2D eigenvalue weighted by atomic mass is 9.92. The van der Waals surface area contributed by atoms with Crippen molar-refractivity contribution in [3.63, 3.8) is 0 Å². The van der Waals surface area contributed by atoms with Crippen LogP contribution in [-0.2, 0) is 11.3 Å². The molecule has 1 aliphatic heterocycles. The molecule has 1 amide bonds. The van der Waals surface area contributed by atoms with Crippen molar-refractivity contribution in [1.29, 1.82) is 0 Å². The molecule has 4 N–H and O–H groups in total. The summed E-state index contributed by atoms with van der Waals surface area (Å²) in [6, 6.07) is 8.60. The Morgan fingerprint density at radius 1 is 1.25 bits per heavy atom. The smallest absolute Gasteiger partial charge is 0.239 e. The second-order valence-electron chi connectivity index (χ2n) is 5.02. The molecule has 6 heteroatoms. The fraction of sp³-hybridized carbons (Fsp3) is 0.500. The van der Waals surface area contributed by atoms with Crippen molar-refractivity contribution in [3.8, 4) is 0 Å². The predicted molar refractivity (Wildman–Crippen MR) is 72.7 cm³/mol. The molecule has 2 rings (SSSR count). The molecule has 4 unspecified atom stereocenters. The maximum atomic E-state index is 11.9. The van der Waals surface area contributed by atoms with Crippen LogP contribution in [0, 0.1) is 0 Å². The average molecular weight is 280 g/mol. The van der Waals surface area contributed by atoms with Crippen molar-refractivity contribution >= 4 is 5.91 Å². The van der Waals surface area contributed by atoms with Gasteiger partial charge in [-0.1, -0.05) is 30.3 Å². The first-order valence-corrected chi connectivity index (χ1v) is 6.58. The van der Waals surface area contributed by atoms with Crippen LogP contribution in [0.1, 0.15) is 5.56 Å². The largest absolute Gasteiger partial charge is 0.389 e. The highest BCUT2D eigenvalue weighted by Crippen LogP contribution is 2.21. The number of likely N-dealkylation sites (tertiary alicyclic amines) is 1. The average Bonchev–Trinajstić information content (AvgIpc) is 2.45. The number of nitrogens with zero attached hydrogens (tertiary/aromatic N) is 1. The van der Waals surface area contributed by atoms with Crippen LogP contribution >= 0.6 is 0 Å². The summed E-state index contributed by atoms with van der Waals surface area (Å²) in [7, 11) is 1.48. The van der Waals surface area contributed by atoms with Gasteiger partial charge >= 0.3 is 0 Å². The van der Waals surface area contributed by atoms with Gasteiger partial charge in [0.1, 0.15) is 18.2 Å². The molecule has 1 aromatic rings.